The van der Waals surface area contributed by atoms with Gasteiger partial charge in [-0.15, -0.1) is 0 Å². The molecule has 0 spiro atoms. The Kier molecular flexibility index (Phi) is 5.41. The second-order valence-electron chi connectivity index (χ2n) is 6.61. The van der Waals surface area contributed by atoms with Gasteiger partial charge in [-0.1, -0.05) is 13.0 Å². The Hall–Kier alpha value is -2.61. The second kappa shape index (κ2) is 7.74. The smallest absolute Gasteiger partial charge is 0.326 e. The summed E-state index contributed by atoms with van der Waals surface area (Å²) in [6, 6.07) is 4.92. The van der Waals surface area contributed by atoms with E-state index in [9.17, 15) is 14.4 Å². The van der Waals surface area contributed by atoms with E-state index in [1.807, 2.05) is 18.2 Å². The molecule has 1 aromatic carbocycles. The number of nitrogens with one attached hydrogen (secondary N) is 2. The van der Waals surface area contributed by atoms with Crippen molar-refractivity contribution in [3.63, 3.8) is 0 Å². The maximum absolute atomic E-state index is 12.7. The predicted molar refractivity (Wildman–Crippen MR) is 96.1 cm³/mol. The number of hydrogen-bond acceptors (Lipinski definition) is 5. The summed E-state index contributed by atoms with van der Waals surface area (Å²) in [5.41, 5.74) is 2.54. The van der Waals surface area contributed by atoms with Gasteiger partial charge in [0.25, 0.3) is 5.91 Å². The molecule has 0 radical (unpaired) electrons. The fourth-order valence-electron chi connectivity index (χ4n) is 3.35. The van der Waals surface area contributed by atoms with E-state index in [4.69, 9.17) is 5.11 Å². The van der Waals surface area contributed by atoms with Crippen LogP contribution in [-0.4, -0.2) is 66.6 Å². The molecular weight excluding hydrogens is 336 g/mol. The first-order valence-electron chi connectivity index (χ1n) is 8.89. The molecule has 2 aliphatic heterocycles. The van der Waals surface area contributed by atoms with Gasteiger partial charge >= 0.3 is 5.97 Å². The highest BCUT2D eigenvalue weighted by molar-refractivity contribution is 6.01. The van der Waals surface area contributed by atoms with Gasteiger partial charge in [0.2, 0.25) is 5.91 Å². The lowest BCUT2D eigenvalue weighted by molar-refractivity contribution is -0.142. The molecule has 0 bridgehead atoms. The SMILES string of the molecule is CCC(NC(=O)CN1Cc2ccc(N3CCNCC3)cc2C1=O)C(=O)O. The summed E-state index contributed by atoms with van der Waals surface area (Å²) >= 11 is 0. The number of carboxylic acid groups (broad SMARTS) is 1. The number of carbonyl (C=O) groups excluding carboxylic acids is 2. The number of carboxylic acids is 1. The Bertz CT molecular complexity index is 715. The van der Waals surface area contributed by atoms with Crippen LogP contribution in [0, 0.1) is 0 Å². The minimum atomic E-state index is -1.07. The third-order valence-electron chi connectivity index (χ3n) is 4.83. The van der Waals surface area contributed by atoms with Gasteiger partial charge in [0.1, 0.15) is 12.6 Å². The number of benzene rings is 1. The minimum Gasteiger partial charge on any atom is -0.480 e. The molecule has 1 aromatic rings. The maximum atomic E-state index is 12.7. The Morgan fingerprint density at radius 3 is 2.69 bits per heavy atom. The number of piperazine rings is 1. The van der Waals surface area contributed by atoms with Crippen LogP contribution in [0.3, 0.4) is 0 Å². The lowest BCUT2D eigenvalue weighted by atomic mass is 10.1. The highest BCUT2D eigenvalue weighted by Crippen LogP contribution is 2.27. The number of anilines is 1. The predicted octanol–water partition coefficient (Wildman–Crippen LogP) is 0.0314. The zero-order chi connectivity index (χ0) is 18.7. The largest absolute Gasteiger partial charge is 0.480 e. The number of hydrogen-bond donors (Lipinski definition) is 3. The third-order valence-corrected chi connectivity index (χ3v) is 4.83. The highest BCUT2D eigenvalue weighted by atomic mass is 16.4. The van der Waals surface area contributed by atoms with Crippen LogP contribution in [0.4, 0.5) is 5.69 Å². The van der Waals surface area contributed by atoms with Crippen LogP contribution in [0.1, 0.15) is 29.3 Å². The van der Waals surface area contributed by atoms with Gasteiger partial charge in [-0.05, 0) is 24.1 Å². The van der Waals surface area contributed by atoms with Crippen molar-refractivity contribution in [3.05, 3.63) is 29.3 Å². The van der Waals surface area contributed by atoms with Crippen molar-refractivity contribution in [2.75, 3.05) is 37.6 Å². The monoisotopic (exact) mass is 360 g/mol. The molecule has 1 unspecified atom stereocenters. The Morgan fingerprint density at radius 1 is 1.31 bits per heavy atom. The van der Waals surface area contributed by atoms with Crippen molar-refractivity contribution in [2.24, 2.45) is 0 Å². The number of aliphatic carboxylic acids is 1. The van der Waals surface area contributed by atoms with Crippen molar-refractivity contribution in [1.82, 2.24) is 15.5 Å². The lowest BCUT2D eigenvalue weighted by Crippen LogP contribution is -2.45. The molecule has 3 rings (SSSR count). The summed E-state index contributed by atoms with van der Waals surface area (Å²) in [6.45, 7) is 5.54. The Labute approximate surface area is 152 Å². The summed E-state index contributed by atoms with van der Waals surface area (Å²) in [4.78, 5) is 39.5. The molecule has 3 N–H and O–H groups in total. The van der Waals surface area contributed by atoms with Crippen molar-refractivity contribution in [1.29, 1.82) is 0 Å². The van der Waals surface area contributed by atoms with Crippen LogP contribution >= 0.6 is 0 Å². The summed E-state index contributed by atoms with van der Waals surface area (Å²) in [5, 5.41) is 14.8. The van der Waals surface area contributed by atoms with E-state index in [1.54, 1.807) is 6.92 Å². The van der Waals surface area contributed by atoms with Gasteiger partial charge in [0, 0.05) is 44.0 Å². The summed E-state index contributed by atoms with van der Waals surface area (Å²) in [5.74, 6) is -1.71. The van der Waals surface area contributed by atoms with Crippen molar-refractivity contribution < 1.29 is 19.5 Å². The average Bonchev–Trinajstić information content (AvgIpc) is 2.95. The number of amides is 2. The molecule has 1 atom stereocenters. The van der Waals surface area contributed by atoms with Crippen LogP contribution in [0.15, 0.2) is 18.2 Å². The van der Waals surface area contributed by atoms with Crippen LogP contribution < -0.4 is 15.5 Å². The molecule has 1 fully saturated rings. The van der Waals surface area contributed by atoms with E-state index in [-0.39, 0.29) is 12.5 Å². The quantitative estimate of drug-likeness (QED) is 0.662. The third kappa shape index (κ3) is 3.80. The summed E-state index contributed by atoms with van der Waals surface area (Å²) in [6.07, 6.45) is 0.295. The topological polar surface area (TPSA) is 102 Å². The number of nitrogens with zero attached hydrogens (tertiary/aromatic N) is 2. The number of rotatable bonds is 6. The normalized spacial score (nSPS) is 17.8. The molecule has 1 saturated heterocycles. The average molecular weight is 360 g/mol. The van der Waals surface area contributed by atoms with Gasteiger partial charge in [-0.2, -0.15) is 0 Å². The van der Waals surface area contributed by atoms with E-state index in [1.165, 1.54) is 4.90 Å². The second-order valence-corrected chi connectivity index (χ2v) is 6.61. The highest BCUT2D eigenvalue weighted by Gasteiger charge is 2.30. The van der Waals surface area contributed by atoms with E-state index < -0.39 is 17.9 Å². The molecule has 8 heteroatoms. The van der Waals surface area contributed by atoms with Gasteiger partial charge in [0.05, 0.1) is 0 Å². The fourth-order valence-corrected chi connectivity index (χ4v) is 3.35. The van der Waals surface area contributed by atoms with Gasteiger partial charge in [-0.3, -0.25) is 9.59 Å². The summed E-state index contributed by atoms with van der Waals surface area (Å²) < 4.78 is 0. The van der Waals surface area contributed by atoms with Crippen LogP contribution in [0.25, 0.3) is 0 Å². The van der Waals surface area contributed by atoms with Crippen molar-refractivity contribution in [3.8, 4) is 0 Å². The summed E-state index contributed by atoms with van der Waals surface area (Å²) in [7, 11) is 0. The van der Waals surface area contributed by atoms with Gasteiger partial charge < -0.3 is 25.5 Å². The molecule has 8 nitrogen and oxygen atoms in total. The van der Waals surface area contributed by atoms with Crippen LogP contribution in [-0.2, 0) is 16.1 Å². The molecule has 2 amide bonds. The Balaban J connectivity index is 1.66. The van der Waals surface area contributed by atoms with Crippen molar-refractivity contribution in [2.45, 2.75) is 25.9 Å². The molecule has 140 valence electrons. The first-order valence-corrected chi connectivity index (χ1v) is 8.89. The zero-order valence-corrected chi connectivity index (χ0v) is 14.8. The first kappa shape index (κ1) is 18.2. The van der Waals surface area contributed by atoms with E-state index in [0.29, 0.717) is 18.5 Å². The standard InChI is InChI=1S/C18H24N4O4/c1-2-15(18(25)26)20-16(23)11-22-10-12-3-4-13(9-14(12)17(22)24)21-7-5-19-6-8-21/h3-4,9,15,19H,2,5-8,10-11H2,1H3,(H,20,23)(H,25,26). The van der Waals surface area contributed by atoms with E-state index in [0.717, 1.165) is 37.4 Å². The molecule has 0 aromatic heterocycles. The van der Waals surface area contributed by atoms with Crippen LogP contribution in [0.5, 0.6) is 0 Å². The van der Waals surface area contributed by atoms with E-state index >= 15 is 0 Å². The van der Waals surface area contributed by atoms with Gasteiger partial charge in [0.15, 0.2) is 0 Å². The molecule has 2 aliphatic rings. The van der Waals surface area contributed by atoms with E-state index in [2.05, 4.69) is 15.5 Å². The maximum Gasteiger partial charge on any atom is 0.326 e. The molecular formula is C18H24N4O4. The lowest BCUT2D eigenvalue weighted by Gasteiger charge is -2.29. The molecule has 2 heterocycles. The number of carbonyl (C=O) groups is 3. The molecule has 26 heavy (non-hydrogen) atoms. The molecule has 0 aliphatic carbocycles. The fraction of sp³-hybridized carbons (Fsp3) is 0.500. The number of fused-ring (bicyclic) bond motifs is 1. The van der Waals surface area contributed by atoms with Gasteiger partial charge in [-0.25, -0.2) is 4.79 Å². The minimum absolute atomic E-state index is 0.139. The molecule has 0 saturated carbocycles. The Morgan fingerprint density at radius 2 is 2.04 bits per heavy atom. The van der Waals surface area contributed by atoms with Crippen LogP contribution in [0.2, 0.25) is 0 Å². The first-order chi connectivity index (χ1) is 12.5. The van der Waals surface area contributed by atoms with Crippen molar-refractivity contribution >= 4 is 23.5 Å². The zero-order valence-electron chi connectivity index (χ0n) is 14.8.